The van der Waals surface area contributed by atoms with E-state index in [0.717, 1.165) is 22.2 Å². The Kier molecular flexibility index (Phi) is 3.10. The fourth-order valence-electron chi connectivity index (χ4n) is 2.47. The van der Waals surface area contributed by atoms with Crippen LogP contribution in [-0.4, -0.2) is 9.38 Å². The maximum absolute atomic E-state index is 9.41. The molecule has 0 saturated carbocycles. The molecule has 106 valence electrons. The number of oxazole rings is 1. The molecule has 4 nitrogen and oxygen atoms in total. The Morgan fingerprint density at radius 2 is 2.05 bits per heavy atom. The number of rotatable bonds is 3. The second-order valence-electron chi connectivity index (χ2n) is 4.87. The Morgan fingerprint density at radius 1 is 1.18 bits per heavy atom. The van der Waals surface area contributed by atoms with Crippen molar-refractivity contribution in [1.29, 1.82) is 5.26 Å². The summed E-state index contributed by atoms with van der Waals surface area (Å²) in [4.78, 5) is 4.44. The van der Waals surface area contributed by atoms with Gasteiger partial charge in [-0.2, -0.15) is 5.26 Å². The molecule has 3 aromatic heterocycles. The van der Waals surface area contributed by atoms with Crippen molar-refractivity contribution in [3.05, 3.63) is 66.0 Å². The van der Waals surface area contributed by atoms with Gasteiger partial charge in [-0.15, -0.1) is 0 Å². The van der Waals surface area contributed by atoms with Crippen LogP contribution in [-0.2, 0) is 5.75 Å². The third kappa shape index (κ3) is 2.14. The van der Waals surface area contributed by atoms with Gasteiger partial charge in [0.15, 0.2) is 5.58 Å². The van der Waals surface area contributed by atoms with E-state index in [4.69, 9.17) is 4.42 Å². The van der Waals surface area contributed by atoms with E-state index in [9.17, 15) is 5.26 Å². The number of hydrogen-bond acceptors (Lipinski definition) is 4. The summed E-state index contributed by atoms with van der Waals surface area (Å²) in [5.41, 5.74) is 4.27. The molecule has 4 aromatic rings. The Morgan fingerprint density at radius 3 is 2.91 bits per heavy atom. The topological polar surface area (TPSA) is 54.2 Å². The molecule has 0 N–H and O–H groups in total. The molecule has 4 rings (SSSR count). The van der Waals surface area contributed by atoms with Gasteiger partial charge >= 0.3 is 0 Å². The Bertz CT molecular complexity index is 977. The van der Waals surface area contributed by atoms with Gasteiger partial charge in [-0.05, 0) is 29.8 Å². The lowest BCUT2D eigenvalue weighted by Crippen LogP contribution is -1.82. The molecule has 3 heterocycles. The first-order valence-electron chi connectivity index (χ1n) is 6.82. The largest absolute Gasteiger partial charge is 0.431 e. The second-order valence-corrected chi connectivity index (χ2v) is 5.80. The molecule has 0 spiro atoms. The number of thioether (sulfide) groups is 1. The number of nitriles is 1. The normalized spacial score (nSPS) is 11.0. The molecule has 1 aromatic carbocycles. The highest BCUT2D eigenvalue weighted by atomic mass is 32.2. The van der Waals surface area contributed by atoms with E-state index in [1.54, 1.807) is 0 Å². The fraction of sp³-hybridized carbons (Fsp3) is 0.0588. The van der Waals surface area contributed by atoms with Gasteiger partial charge in [-0.3, -0.25) is 0 Å². The standard InChI is InChI=1S/C17H11N3OS/c18-9-13-12(10-20-8-4-3-6-15(13)20)11-22-17-19-14-5-1-2-7-16(14)21-17/h1-8,10H,11H2. The first-order chi connectivity index (χ1) is 10.8. The molecule has 5 heteroatoms. The van der Waals surface area contributed by atoms with Crippen LogP contribution in [0.4, 0.5) is 0 Å². The quantitative estimate of drug-likeness (QED) is 0.531. The van der Waals surface area contributed by atoms with Crippen molar-refractivity contribution < 1.29 is 4.42 Å². The lowest BCUT2D eigenvalue weighted by atomic mass is 10.2. The van der Waals surface area contributed by atoms with Crippen molar-refractivity contribution in [2.45, 2.75) is 11.0 Å². The smallest absolute Gasteiger partial charge is 0.257 e. The highest BCUT2D eigenvalue weighted by molar-refractivity contribution is 7.98. The molecular formula is C17H11N3OS. The molecule has 0 radical (unpaired) electrons. The first-order valence-corrected chi connectivity index (χ1v) is 7.81. The Balaban J connectivity index is 1.65. The van der Waals surface area contributed by atoms with Crippen LogP contribution < -0.4 is 0 Å². The number of nitrogens with zero attached hydrogens (tertiary/aromatic N) is 3. The van der Waals surface area contributed by atoms with E-state index in [1.807, 2.05) is 59.3 Å². The van der Waals surface area contributed by atoms with E-state index >= 15 is 0 Å². The summed E-state index contributed by atoms with van der Waals surface area (Å²) in [6.07, 6.45) is 3.94. The molecule has 0 fully saturated rings. The number of pyridine rings is 1. The summed E-state index contributed by atoms with van der Waals surface area (Å²) in [5.74, 6) is 0.650. The predicted molar refractivity (Wildman–Crippen MR) is 85.7 cm³/mol. The second kappa shape index (κ2) is 5.24. The Labute approximate surface area is 131 Å². The number of para-hydroxylation sites is 2. The third-order valence-electron chi connectivity index (χ3n) is 3.50. The van der Waals surface area contributed by atoms with Crippen molar-refractivity contribution >= 4 is 28.4 Å². The molecule has 0 aliphatic heterocycles. The molecule has 0 amide bonds. The van der Waals surface area contributed by atoms with E-state index in [2.05, 4.69) is 11.1 Å². The lowest BCUT2D eigenvalue weighted by molar-refractivity contribution is 0.489. The van der Waals surface area contributed by atoms with E-state index < -0.39 is 0 Å². The van der Waals surface area contributed by atoms with Gasteiger partial charge in [0.2, 0.25) is 0 Å². The van der Waals surface area contributed by atoms with Crippen LogP contribution in [0, 0.1) is 11.3 Å². The highest BCUT2D eigenvalue weighted by Gasteiger charge is 2.12. The molecule has 0 aliphatic carbocycles. The zero-order valence-electron chi connectivity index (χ0n) is 11.6. The maximum atomic E-state index is 9.41. The zero-order valence-corrected chi connectivity index (χ0v) is 12.4. The molecule has 0 saturated heterocycles. The Hall–Kier alpha value is -2.71. The number of hydrogen-bond donors (Lipinski definition) is 0. The summed E-state index contributed by atoms with van der Waals surface area (Å²) >= 11 is 1.50. The van der Waals surface area contributed by atoms with Gasteiger partial charge in [0, 0.05) is 18.1 Å². The van der Waals surface area contributed by atoms with Crippen molar-refractivity contribution in [3.8, 4) is 6.07 Å². The van der Waals surface area contributed by atoms with Crippen molar-refractivity contribution in [2.24, 2.45) is 0 Å². The highest BCUT2D eigenvalue weighted by Crippen LogP contribution is 2.28. The van der Waals surface area contributed by atoms with Crippen LogP contribution in [0.2, 0.25) is 0 Å². The van der Waals surface area contributed by atoms with E-state index in [0.29, 0.717) is 16.5 Å². The van der Waals surface area contributed by atoms with Gasteiger partial charge < -0.3 is 8.82 Å². The molecule has 0 atom stereocenters. The first kappa shape index (κ1) is 13.0. The van der Waals surface area contributed by atoms with Gasteiger partial charge in [0.25, 0.3) is 5.22 Å². The summed E-state index contributed by atoms with van der Waals surface area (Å²) in [7, 11) is 0. The number of aromatic nitrogens is 2. The summed E-state index contributed by atoms with van der Waals surface area (Å²) in [6.45, 7) is 0. The summed E-state index contributed by atoms with van der Waals surface area (Å²) < 4.78 is 7.67. The van der Waals surface area contributed by atoms with Crippen molar-refractivity contribution in [1.82, 2.24) is 9.38 Å². The minimum Gasteiger partial charge on any atom is -0.431 e. The van der Waals surface area contributed by atoms with E-state index in [-0.39, 0.29) is 0 Å². The monoisotopic (exact) mass is 305 g/mol. The molecule has 0 aliphatic rings. The number of fused-ring (bicyclic) bond motifs is 2. The third-order valence-corrected chi connectivity index (χ3v) is 4.38. The zero-order chi connectivity index (χ0) is 14.9. The van der Waals surface area contributed by atoms with Gasteiger partial charge in [-0.25, -0.2) is 4.98 Å². The van der Waals surface area contributed by atoms with Crippen LogP contribution in [0.25, 0.3) is 16.6 Å². The molecule has 0 unspecified atom stereocenters. The van der Waals surface area contributed by atoms with Gasteiger partial charge in [0.05, 0.1) is 11.1 Å². The fourth-order valence-corrected chi connectivity index (χ4v) is 3.28. The van der Waals surface area contributed by atoms with Gasteiger partial charge in [-0.1, -0.05) is 30.0 Å². The van der Waals surface area contributed by atoms with Crippen LogP contribution >= 0.6 is 11.8 Å². The molecule has 22 heavy (non-hydrogen) atoms. The van der Waals surface area contributed by atoms with Crippen molar-refractivity contribution in [2.75, 3.05) is 0 Å². The predicted octanol–water partition coefficient (Wildman–Crippen LogP) is 4.24. The lowest BCUT2D eigenvalue weighted by Gasteiger charge is -1.94. The average Bonchev–Trinajstić information content (AvgIpc) is 3.12. The maximum Gasteiger partial charge on any atom is 0.257 e. The van der Waals surface area contributed by atoms with Crippen LogP contribution in [0.1, 0.15) is 11.1 Å². The minimum absolute atomic E-state index is 0.625. The van der Waals surface area contributed by atoms with Crippen LogP contribution in [0.15, 0.2) is 64.5 Å². The molecular weight excluding hydrogens is 294 g/mol. The summed E-state index contributed by atoms with van der Waals surface area (Å²) in [5, 5.41) is 10.0. The summed E-state index contributed by atoms with van der Waals surface area (Å²) in [6, 6.07) is 15.8. The van der Waals surface area contributed by atoms with Crippen LogP contribution in [0.5, 0.6) is 0 Å². The van der Waals surface area contributed by atoms with Gasteiger partial charge in [0.1, 0.15) is 11.6 Å². The molecule has 0 bridgehead atoms. The van der Waals surface area contributed by atoms with Crippen molar-refractivity contribution in [3.63, 3.8) is 0 Å². The SMILES string of the molecule is N#Cc1c(CSc2nc3ccccc3o2)cn2ccccc12. The minimum atomic E-state index is 0.625. The van der Waals surface area contributed by atoms with Crippen LogP contribution in [0.3, 0.4) is 0 Å². The average molecular weight is 305 g/mol. The number of benzene rings is 1. The van der Waals surface area contributed by atoms with E-state index in [1.165, 1.54) is 11.8 Å².